The number of carbonyl (C=O) groups is 1. The van der Waals surface area contributed by atoms with Gasteiger partial charge in [-0.05, 0) is 49.4 Å². The van der Waals surface area contributed by atoms with Crippen molar-refractivity contribution >= 4 is 11.9 Å². The van der Waals surface area contributed by atoms with E-state index >= 15 is 0 Å². The van der Waals surface area contributed by atoms with E-state index in [2.05, 4.69) is 53.4 Å². The van der Waals surface area contributed by atoms with Crippen molar-refractivity contribution in [1.82, 2.24) is 14.8 Å². The predicted molar refractivity (Wildman–Crippen MR) is 110 cm³/mol. The monoisotopic (exact) mass is 388 g/mol. The number of aryl methyl sites for hydroxylation is 1. The number of anilines is 1. The molecule has 1 aliphatic heterocycles. The highest BCUT2D eigenvalue weighted by Gasteiger charge is 2.44. The molecule has 0 N–H and O–H groups in total. The van der Waals surface area contributed by atoms with Crippen molar-refractivity contribution < 1.29 is 9.53 Å². The molecule has 3 aromatic rings. The van der Waals surface area contributed by atoms with Crippen molar-refractivity contribution in [3.05, 3.63) is 71.5 Å². The van der Waals surface area contributed by atoms with E-state index in [1.54, 1.807) is 13.4 Å². The van der Waals surface area contributed by atoms with Crippen molar-refractivity contribution in [2.24, 2.45) is 5.92 Å². The van der Waals surface area contributed by atoms with Crippen LogP contribution in [0.5, 0.6) is 5.75 Å². The molecule has 148 valence electrons. The molecule has 6 heteroatoms. The van der Waals surface area contributed by atoms with Crippen LogP contribution < -0.4 is 9.64 Å². The molecule has 2 heterocycles. The van der Waals surface area contributed by atoms with Crippen molar-refractivity contribution in [1.29, 1.82) is 0 Å². The van der Waals surface area contributed by atoms with Gasteiger partial charge in [0.1, 0.15) is 12.1 Å². The number of ether oxygens (including phenoxy) is 1. The first-order valence-electron chi connectivity index (χ1n) is 10.1. The van der Waals surface area contributed by atoms with Crippen LogP contribution >= 0.6 is 0 Å². The number of benzene rings is 2. The van der Waals surface area contributed by atoms with Crippen LogP contribution in [-0.2, 0) is 4.79 Å². The van der Waals surface area contributed by atoms with E-state index in [1.807, 2.05) is 21.7 Å². The topological polar surface area (TPSA) is 60.2 Å². The zero-order chi connectivity index (χ0) is 20.0. The molecular formula is C23H24N4O2. The van der Waals surface area contributed by atoms with E-state index in [-0.39, 0.29) is 23.9 Å². The normalized spacial score (nSPS) is 21.0. The Kier molecular flexibility index (Phi) is 4.34. The second-order valence-corrected chi connectivity index (χ2v) is 7.94. The van der Waals surface area contributed by atoms with Crippen molar-refractivity contribution in [3.63, 3.8) is 0 Å². The summed E-state index contributed by atoms with van der Waals surface area (Å²) >= 11 is 0. The molecule has 1 aromatic heterocycles. The summed E-state index contributed by atoms with van der Waals surface area (Å²) < 4.78 is 7.20. The molecule has 2 atom stereocenters. The Morgan fingerprint density at radius 2 is 1.66 bits per heavy atom. The molecular weight excluding hydrogens is 364 g/mol. The van der Waals surface area contributed by atoms with Gasteiger partial charge >= 0.3 is 0 Å². The number of carbonyl (C=O) groups excluding carboxylic acids is 1. The van der Waals surface area contributed by atoms with E-state index in [4.69, 9.17) is 4.74 Å². The maximum Gasteiger partial charge on any atom is 0.233 e. The standard InChI is InChI=1S/C23H24N4O2/c1-15-3-5-16(6-4-15)20-13-21(17-9-11-19(29-2)12-10-17)27-23(24-14-25-27)26(20)22(28)18-7-8-18/h3-6,9-12,14,18,20-21H,7-8,13H2,1-2H3/t20-,21-/m1/s1. The zero-order valence-electron chi connectivity index (χ0n) is 16.7. The summed E-state index contributed by atoms with van der Waals surface area (Å²) in [6, 6.07) is 16.5. The molecule has 1 aliphatic carbocycles. The van der Waals surface area contributed by atoms with Gasteiger partial charge in [-0.25, -0.2) is 4.68 Å². The van der Waals surface area contributed by atoms with Crippen LogP contribution in [0.2, 0.25) is 0 Å². The first kappa shape index (κ1) is 17.9. The fourth-order valence-corrected chi connectivity index (χ4v) is 4.15. The van der Waals surface area contributed by atoms with Gasteiger partial charge in [0.15, 0.2) is 0 Å². The SMILES string of the molecule is COc1ccc([C@H]2C[C@H](c3ccc(C)cc3)N(C(=O)C3CC3)c3ncnn32)cc1. The summed E-state index contributed by atoms with van der Waals surface area (Å²) in [6.45, 7) is 2.08. The number of amides is 1. The Balaban J connectivity index is 1.60. The molecule has 0 bridgehead atoms. The molecule has 0 saturated heterocycles. The first-order valence-corrected chi connectivity index (χ1v) is 10.1. The van der Waals surface area contributed by atoms with E-state index in [0.29, 0.717) is 5.95 Å². The molecule has 2 aromatic carbocycles. The predicted octanol–water partition coefficient (Wildman–Crippen LogP) is 4.07. The van der Waals surface area contributed by atoms with Gasteiger partial charge in [0.25, 0.3) is 0 Å². The summed E-state index contributed by atoms with van der Waals surface area (Å²) in [4.78, 5) is 19.6. The Bertz CT molecular complexity index is 1020. The Morgan fingerprint density at radius 3 is 2.31 bits per heavy atom. The molecule has 29 heavy (non-hydrogen) atoms. The van der Waals surface area contributed by atoms with Crippen molar-refractivity contribution in [2.45, 2.75) is 38.3 Å². The molecule has 1 saturated carbocycles. The number of nitrogens with zero attached hydrogens (tertiary/aromatic N) is 4. The minimum absolute atomic E-state index is 0.00737. The fraction of sp³-hybridized carbons (Fsp3) is 0.348. The lowest BCUT2D eigenvalue weighted by molar-refractivity contribution is -0.120. The summed E-state index contributed by atoms with van der Waals surface area (Å²) in [5, 5.41) is 4.49. The maximum absolute atomic E-state index is 13.2. The van der Waals surface area contributed by atoms with E-state index in [0.717, 1.165) is 36.1 Å². The van der Waals surface area contributed by atoms with Crippen LogP contribution in [-0.4, -0.2) is 27.8 Å². The lowest BCUT2D eigenvalue weighted by Crippen LogP contribution is -2.43. The number of aromatic nitrogens is 3. The summed E-state index contributed by atoms with van der Waals surface area (Å²) in [7, 11) is 1.67. The van der Waals surface area contributed by atoms with Gasteiger partial charge in [-0.2, -0.15) is 10.1 Å². The van der Waals surface area contributed by atoms with Gasteiger partial charge in [0.2, 0.25) is 11.9 Å². The fourth-order valence-electron chi connectivity index (χ4n) is 4.15. The quantitative estimate of drug-likeness (QED) is 0.676. The van der Waals surface area contributed by atoms with Gasteiger partial charge < -0.3 is 4.74 Å². The van der Waals surface area contributed by atoms with Gasteiger partial charge in [-0.1, -0.05) is 42.0 Å². The maximum atomic E-state index is 13.2. The number of methoxy groups -OCH3 is 1. The molecule has 0 spiro atoms. The second kappa shape index (κ2) is 7.03. The molecule has 5 rings (SSSR count). The van der Waals surface area contributed by atoms with Crippen LogP contribution in [0.4, 0.5) is 5.95 Å². The lowest BCUT2D eigenvalue weighted by Gasteiger charge is -2.39. The minimum Gasteiger partial charge on any atom is -0.497 e. The van der Waals surface area contributed by atoms with Crippen molar-refractivity contribution in [2.75, 3.05) is 12.0 Å². The third-order valence-corrected chi connectivity index (χ3v) is 5.95. The molecule has 0 unspecified atom stereocenters. The van der Waals surface area contributed by atoms with Crippen LogP contribution in [0.3, 0.4) is 0 Å². The smallest absolute Gasteiger partial charge is 0.233 e. The molecule has 0 radical (unpaired) electrons. The Labute approximate surface area is 170 Å². The highest BCUT2D eigenvalue weighted by molar-refractivity contribution is 5.96. The number of rotatable bonds is 4. The number of hydrogen-bond donors (Lipinski definition) is 0. The minimum atomic E-state index is -0.0625. The molecule has 2 aliphatic rings. The largest absolute Gasteiger partial charge is 0.497 e. The average Bonchev–Trinajstić information content (AvgIpc) is 3.50. The van der Waals surface area contributed by atoms with E-state index in [9.17, 15) is 4.79 Å². The van der Waals surface area contributed by atoms with Crippen LogP contribution in [0, 0.1) is 12.8 Å². The van der Waals surface area contributed by atoms with Crippen molar-refractivity contribution in [3.8, 4) is 5.75 Å². The number of hydrogen-bond acceptors (Lipinski definition) is 4. The molecule has 1 fully saturated rings. The van der Waals surface area contributed by atoms with Gasteiger partial charge in [0.05, 0.1) is 19.2 Å². The highest BCUT2D eigenvalue weighted by atomic mass is 16.5. The number of fused-ring (bicyclic) bond motifs is 1. The Morgan fingerprint density at radius 1 is 1.00 bits per heavy atom. The second-order valence-electron chi connectivity index (χ2n) is 7.94. The van der Waals surface area contributed by atoms with Gasteiger partial charge in [-0.3, -0.25) is 9.69 Å². The van der Waals surface area contributed by atoms with E-state index in [1.165, 1.54) is 5.56 Å². The van der Waals surface area contributed by atoms with Crippen LogP contribution in [0.1, 0.15) is 48.0 Å². The van der Waals surface area contributed by atoms with Gasteiger partial charge in [-0.15, -0.1) is 0 Å². The Hall–Kier alpha value is -3.15. The molecule has 6 nitrogen and oxygen atoms in total. The highest BCUT2D eigenvalue weighted by Crippen LogP contribution is 2.44. The van der Waals surface area contributed by atoms with Gasteiger partial charge in [0, 0.05) is 5.92 Å². The van der Waals surface area contributed by atoms with Crippen LogP contribution in [0.25, 0.3) is 0 Å². The summed E-state index contributed by atoms with van der Waals surface area (Å²) in [5.41, 5.74) is 3.48. The first-order chi connectivity index (χ1) is 14.2. The van der Waals surface area contributed by atoms with E-state index < -0.39 is 0 Å². The lowest BCUT2D eigenvalue weighted by atomic mass is 9.91. The summed E-state index contributed by atoms with van der Waals surface area (Å²) in [6.07, 6.45) is 4.23. The third kappa shape index (κ3) is 3.18. The summed E-state index contributed by atoms with van der Waals surface area (Å²) in [5.74, 6) is 1.74. The zero-order valence-corrected chi connectivity index (χ0v) is 16.7. The third-order valence-electron chi connectivity index (χ3n) is 5.95. The average molecular weight is 388 g/mol. The molecule has 1 amide bonds. The van der Waals surface area contributed by atoms with Crippen LogP contribution in [0.15, 0.2) is 54.9 Å².